The molecule has 0 amide bonds. The van der Waals surface area contributed by atoms with Gasteiger partial charge in [0.25, 0.3) is 0 Å². The minimum absolute atomic E-state index is 0.227. The molecule has 4 nitrogen and oxygen atoms in total. The Labute approximate surface area is 131 Å². The summed E-state index contributed by atoms with van der Waals surface area (Å²) in [6, 6.07) is 9.79. The predicted molar refractivity (Wildman–Crippen MR) is 89.8 cm³/mol. The minimum atomic E-state index is -0.956. The van der Waals surface area contributed by atoms with E-state index in [4.69, 9.17) is 0 Å². The van der Waals surface area contributed by atoms with Crippen LogP contribution in [0.4, 0.5) is 5.82 Å². The molecule has 0 aliphatic carbocycles. The van der Waals surface area contributed by atoms with E-state index in [1.165, 1.54) is 0 Å². The topological polar surface area (TPSA) is 53.4 Å². The number of nitrogens with zero attached hydrogens (tertiary/aromatic N) is 2. The van der Waals surface area contributed by atoms with Crippen LogP contribution in [-0.2, 0) is 0 Å². The molecular weight excluding hydrogens is 276 g/mol. The lowest BCUT2D eigenvalue weighted by molar-refractivity contribution is 0.0698. The zero-order valence-electron chi connectivity index (χ0n) is 13.7. The number of aromatic carboxylic acids is 1. The number of anilines is 1. The zero-order valence-corrected chi connectivity index (χ0v) is 13.7. The fraction of sp³-hybridized carbons (Fsp3) is 0.333. The lowest BCUT2D eigenvalue weighted by Gasteiger charge is -2.20. The first-order valence-electron chi connectivity index (χ1n) is 7.34. The third kappa shape index (κ3) is 3.11. The monoisotopic (exact) mass is 298 g/mol. The molecule has 0 saturated carbocycles. The molecule has 1 N–H and O–H groups in total. The lowest BCUT2D eigenvalue weighted by Crippen LogP contribution is -2.18. The Balaban J connectivity index is 2.82. The molecular formula is C18H22N2O2. The summed E-state index contributed by atoms with van der Waals surface area (Å²) in [5, 5.41) is 9.69. The Morgan fingerprint density at radius 3 is 2.41 bits per heavy atom. The van der Waals surface area contributed by atoms with Crippen molar-refractivity contribution in [3.8, 4) is 11.1 Å². The van der Waals surface area contributed by atoms with Crippen LogP contribution in [0.5, 0.6) is 0 Å². The van der Waals surface area contributed by atoms with Crippen molar-refractivity contribution < 1.29 is 9.90 Å². The average molecular weight is 298 g/mol. The van der Waals surface area contributed by atoms with Gasteiger partial charge in [0, 0.05) is 25.4 Å². The molecule has 0 aliphatic heterocycles. The van der Waals surface area contributed by atoms with Gasteiger partial charge >= 0.3 is 5.97 Å². The van der Waals surface area contributed by atoms with Crippen molar-refractivity contribution in [3.05, 3.63) is 47.2 Å². The number of hydrogen-bond acceptors (Lipinski definition) is 3. The molecule has 0 unspecified atom stereocenters. The number of carbonyl (C=O) groups is 1. The lowest BCUT2D eigenvalue weighted by atomic mass is 9.96. The van der Waals surface area contributed by atoms with Crippen LogP contribution in [0.3, 0.4) is 0 Å². The Morgan fingerprint density at radius 1 is 1.23 bits per heavy atom. The van der Waals surface area contributed by atoms with Gasteiger partial charge in [-0.3, -0.25) is 0 Å². The van der Waals surface area contributed by atoms with E-state index in [1.807, 2.05) is 51.4 Å². The van der Waals surface area contributed by atoms with Crippen LogP contribution in [0.15, 0.2) is 30.3 Å². The van der Waals surface area contributed by atoms with Crippen molar-refractivity contribution in [2.45, 2.75) is 26.7 Å². The van der Waals surface area contributed by atoms with E-state index >= 15 is 0 Å². The maximum Gasteiger partial charge on any atom is 0.340 e. The van der Waals surface area contributed by atoms with Crippen LogP contribution in [0.2, 0.25) is 0 Å². The van der Waals surface area contributed by atoms with Gasteiger partial charge in [-0.1, -0.05) is 43.7 Å². The smallest absolute Gasteiger partial charge is 0.340 e. The zero-order chi connectivity index (χ0) is 16.4. The molecule has 22 heavy (non-hydrogen) atoms. The van der Waals surface area contributed by atoms with Crippen molar-refractivity contribution >= 4 is 11.8 Å². The highest BCUT2D eigenvalue weighted by Crippen LogP contribution is 2.32. The predicted octanol–water partition coefficient (Wildman–Crippen LogP) is 3.94. The Kier molecular flexibility index (Phi) is 4.50. The van der Waals surface area contributed by atoms with E-state index in [9.17, 15) is 9.90 Å². The first-order chi connectivity index (χ1) is 10.3. The van der Waals surface area contributed by atoms with E-state index in [0.717, 1.165) is 22.4 Å². The van der Waals surface area contributed by atoms with Crippen molar-refractivity contribution in [2.75, 3.05) is 19.0 Å². The van der Waals surface area contributed by atoms with Gasteiger partial charge in [-0.25, -0.2) is 9.78 Å². The first kappa shape index (κ1) is 16.0. The normalized spacial score (nSPS) is 10.8. The third-order valence-electron chi connectivity index (χ3n) is 3.58. The second-order valence-electron chi connectivity index (χ2n) is 6.02. The van der Waals surface area contributed by atoms with E-state index < -0.39 is 5.97 Å². The number of carboxylic acids is 1. The molecule has 1 heterocycles. The standard InChI is InChI=1S/C18H22N2O2/c1-11(2)15-10-14(13-8-6-7-12(3)9-13)16(18(21)22)17(19-15)20(4)5/h6-11H,1-5H3,(H,21,22). The Hall–Kier alpha value is -2.36. The van der Waals surface area contributed by atoms with E-state index in [2.05, 4.69) is 18.8 Å². The fourth-order valence-corrected chi connectivity index (χ4v) is 2.42. The minimum Gasteiger partial charge on any atom is -0.478 e. The molecule has 0 atom stereocenters. The van der Waals surface area contributed by atoms with Crippen LogP contribution in [-0.4, -0.2) is 30.2 Å². The van der Waals surface area contributed by atoms with Crippen molar-refractivity contribution in [1.82, 2.24) is 4.98 Å². The number of carboxylic acid groups (broad SMARTS) is 1. The van der Waals surface area contributed by atoms with Gasteiger partial charge in [-0.2, -0.15) is 0 Å². The van der Waals surface area contributed by atoms with Crippen molar-refractivity contribution in [1.29, 1.82) is 0 Å². The number of rotatable bonds is 4. The molecule has 1 aromatic carbocycles. The van der Waals surface area contributed by atoms with E-state index in [0.29, 0.717) is 5.82 Å². The van der Waals surface area contributed by atoms with Gasteiger partial charge in [-0.05, 0) is 24.5 Å². The van der Waals surface area contributed by atoms with Gasteiger partial charge in [-0.15, -0.1) is 0 Å². The highest BCUT2D eigenvalue weighted by Gasteiger charge is 2.22. The van der Waals surface area contributed by atoms with E-state index in [1.54, 1.807) is 4.90 Å². The molecule has 0 aliphatic rings. The molecule has 1 aromatic heterocycles. The quantitative estimate of drug-likeness (QED) is 0.928. The second-order valence-corrected chi connectivity index (χ2v) is 6.02. The van der Waals surface area contributed by atoms with Gasteiger partial charge in [0.05, 0.1) is 0 Å². The molecule has 0 radical (unpaired) electrons. The maximum atomic E-state index is 11.8. The summed E-state index contributed by atoms with van der Waals surface area (Å²) in [6.07, 6.45) is 0. The number of aromatic nitrogens is 1. The van der Waals surface area contributed by atoms with E-state index in [-0.39, 0.29) is 11.5 Å². The van der Waals surface area contributed by atoms with Gasteiger partial charge in [0.1, 0.15) is 11.4 Å². The average Bonchev–Trinajstić information content (AvgIpc) is 2.45. The van der Waals surface area contributed by atoms with Crippen molar-refractivity contribution in [3.63, 3.8) is 0 Å². The molecule has 0 fully saturated rings. The number of benzene rings is 1. The largest absolute Gasteiger partial charge is 0.478 e. The molecule has 2 aromatic rings. The number of hydrogen-bond donors (Lipinski definition) is 1. The number of aryl methyl sites for hydroxylation is 1. The molecule has 0 spiro atoms. The first-order valence-corrected chi connectivity index (χ1v) is 7.34. The second kappa shape index (κ2) is 6.18. The Morgan fingerprint density at radius 2 is 1.91 bits per heavy atom. The van der Waals surface area contributed by atoms with Crippen molar-refractivity contribution in [2.24, 2.45) is 0 Å². The summed E-state index contributed by atoms with van der Waals surface area (Å²) in [5.74, 6) is -0.233. The maximum absolute atomic E-state index is 11.8. The summed E-state index contributed by atoms with van der Waals surface area (Å²) in [7, 11) is 3.64. The molecule has 0 bridgehead atoms. The van der Waals surface area contributed by atoms with Crippen LogP contribution in [0.1, 0.15) is 41.4 Å². The molecule has 4 heteroatoms. The SMILES string of the molecule is Cc1cccc(-c2cc(C(C)C)nc(N(C)C)c2C(=O)O)c1. The highest BCUT2D eigenvalue weighted by molar-refractivity contribution is 6.01. The van der Waals surface area contributed by atoms with Gasteiger partial charge < -0.3 is 10.0 Å². The Bertz CT molecular complexity index is 706. The van der Waals surface area contributed by atoms with Gasteiger partial charge in [0.15, 0.2) is 0 Å². The van der Waals surface area contributed by atoms with Crippen LogP contribution in [0, 0.1) is 6.92 Å². The summed E-state index contributed by atoms with van der Waals surface area (Å²) in [4.78, 5) is 18.1. The summed E-state index contributed by atoms with van der Waals surface area (Å²) < 4.78 is 0. The summed E-state index contributed by atoms with van der Waals surface area (Å²) >= 11 is 0. The summed E-state index contributed by atoms with van der Waals surface area (Å²) in [6.45, 7) is 6.12. The molecule has 0 saturated heterocycles. The van der Waals surface area contributed by atoms with Crippen LogP contribution < -0.4 is 4.90 Å². The number of pyridine rings is 1. The molecule has 116 valence electrons. The highest BCUT2D eigenvalue weighted by atomic mass is 16.4. The van der Waals surface area contributed by atoms with Crippen LogP contribution in [0.25, 0.3) is 11.1 Å². The fourth-order valence-electron chi connectivity index (χ4n) is 2.42. The summed E-state index contributed by atoms with van der Waals surface area (Å²) in [5.41, 5.74) is 3.87. The molecule has 2 rings (SSSR count). The van der Waals surface area contributed by atoms with Gasteiger partial charge in [0.2, 0.25) is 0 Å². The van der Waals surface area contributed by atoms with Crippen LogP contribution >= 0.6 is 0 Å². The third-order valence-corrected chi connectivity index (χ3v) is 3.58.